The Bertz CT molecular complexity index is 208. The van der Waals surface area contributed by atoms with Crippen molar-refractivity contribution in [1.29, 1.82) is 5.26 Å². The van der Waals surface area contributed by atoms with Crippen LogP contribution in [0.4, 0.5) is 0 Å². The molecule has 2 rings (SSSR count). The average molecular weight is 219 g/mol. The van der Waals surface area contributed by atoms with Gasteiger partial charge in [-0.2, -0.15) is 5.26 Å². The third-order valence-corrected chi connectivity index (χ3v) is 4.36. The fourth-order valence-corrected chi connectivity index (χ4v) is 3.57. The van der Waals surface area contributed by atoms with Crippen molar-refractivity contribution in [2.24, 2.45) is 0 Å². The molecule has 1 spiro atoms. The Labute approximate surface area is 89.9 Å². The molecule has 0 amide bonds. The van der Waals surface area contributed by atoms with Crippen LogP contribution in [0.25, 0.3) is 0 Å². The molecule has 1 atom stereocenters. The molecule has 1 aliphatic heterocycles. The van der Waals surface area contributed by atoms with Crippen LogP contribution in [0.3, 0.4) is 0 Å². The van der Waals surface area contributed by atoms with Crippen LogP contribution in [0, 0.1) is 11.3 Å². The van der Waals surface area contributed by atoms with E-state index < -0.39 is 0 Å². The van der Waals surface area contributed by atoms with Crippen LogP contribution in [0.15, 0.2) is 0 Å². The van der Waals surface area contributed by atoms with Crippen molar-refractivity contribution in [1.82, 2.24) is 5.32 Å². The zero-order valence-corrected chi connectivity index (χ0v) is 9.22. The first-order chi connectivity index (χ1) is 5.85. The number of nitriles is 1. The molecule has 1 saturated carbocycles. The Morgan fingerprint density at radius 2 is 2.00 bits per heavy atom. The molecule has 0 aromatic heterocycles. The number of hydrogen-bond acceptors (Lipinski definition) is 3. The van der Waals surface area contributed by atoms with E-state index in [2.05, 4.69) is 11.4 Å². The summed E-state index contributed by atoms with van der Waals surface area (Å²) >= 11 is 1.96. The van der Waals surface area contributed by atoms with Crippen LogP contribution in [0.2, 0.25) is 0 Å². The molecule has 0 radical (unpaired) electrons. The maximum Gasteiger partial charge on any atom is 0.106 e. The van der Waals surface area contributed by atoms with Gasteiger partial charge in [-0.05, 0) is 12.8 Å². The highest BCUT2D eigenvalue weighted by Gasteiger charge is 2.39. The van der Waals surface area contributed by atoms with Crippen LogP contribution in [0.1, 0.15) is 32.1 Å². The molecule has 2 aliphatic rings. The number of rotatable bonds is 0. The number of hydrogen-bond donors (Lipinski definition) is 1. The molecule has 0 aromatic carbocycles. The first-order valence-electron chi connectivity index (χ1n) is 4.66. The molecule has 1 unspecified atom stereocenters. The highest BCUT2D eigenvalue weighted by atomic mass is 35.5. The number of thioether (sulfide) groups is 1. The lowest BCUT2D eigenvalue weighted by atomic mass is 9.94. The topological polar surface area (TPSA) is 35.8 Å². The second-order valence-electron chi connectivity index (χ2n) is 3.69. The predicted molar refractivity (Wildman–Crippen MR) is 58.1 cm³/mol. The lowest BCUT2D eigenvalue weighted by Crippen LogP contribution is -2.42. The van der Waals surface area contributed by atoms with Gasteiger partial charge in [-0.1, -0.05) is 19.3 Å². The Kier molecular flexibility index (Phi) is 3.90. The molecule has 74 valence electrons. The van der Waals surface area contributed by atoms with E-state index >= 15 is 0 Å². The molecular weight excluding hydrogens is 204 g/mol. The van der Waals surface area contributed by atoms with Crippen molar-refractivity contribution in [2.75, 3.05) is 5.75 Å². The normalized spacial score (nSPS) is 30.8. The zero-order chi connectivity index (χ0) is 8.44. The van der Waals surface area contributed by atoms with Crippen molar-refractivity contribution < 1.29 is 0 Å². The number of nitrogens with zero attached hydrogens (tertiary/aromatic N) is 1. The van der Waals surface area contributed by atoms with Gasteiger partial charge in [0.05, 0.1) is 10.9 Å². The zero-order valence-electron chi connectivity index (χ0n) is 7.58. The minimum Gasteiger partial charge on any atom is -0.287 e. The molecule has 1 heterocycles. The lowest BCUT2D eigenvalue weighted by Gasteiger charge is -2.32. The predicted octanol–water partition coefficient (Wildman–Crippen LogP) is 2.30. The van der Waals surface area contributed by atoms with Crippen LogP contribution < -0.4 is 5.32 Å². The van der Waals surface area contributed by atoms with Gasteiger partial charge in [0.1, 0.15) is 6.04 Å². The van der Waals surface area contributed by atoms with Crippen LogP contribution >= 0.6 is 24.2 Å². The molecule has 4 heteroatoms. The van der Waals surface area contributed by atoms with Crippen LogP contribution in [-0.4, -0.2) is 16.7 Å². The minimum atomic E-state index is 0. The van der Waals surface area contributed by atoms with Gasteiger partial charge in [0.15, 0.2) is 0 Å². The van der Waals surface area contributed by atoms with Crippen LogP contribution in [-0.2, 0) is 0 Å². The van der Waals surface area contributed by atoms with Crippen molar-refractivity contribution in [3.63, 3.8) is 0 Å². The summed E-state index contributed by atoms with van der Waals surface area (Å²) in [6.45, 7) is 0. The average Bonchev–Trinajstić information content (AvgIpc) is 2.50. The Hall–Kier alpha value is 0.0900. The fraction of sp³-hybridized carbons (Fsp3) is 0.889. The van der Waals surface area contributed by atoms with Crippen molar-refractivity contribution in [3.8, 4) is 6.07 Å². The van der Waals surface area contributed by atoms with Crippen molar-refractivity contribution >= 4 is 24.2 Å². The van der Waals surface area contributed by atoms with Gasteiger partial charge in [0, 0.05) is 5.75 Å². The van der Waals surface area contributed by atoms with E-state index in [-0.39, 0.29) is 18.4 Å². The molecule has 13 heavy (non-hydrogen) atoms. The summed E-state index contributed by atoms with van der Waals surface area (Å²) in [5.41, 5.74) is 0. The quantitative estimate of drug-likeness (QED) is 0.678. The van der Waals surface area contributed by atoms with Gasteiger partial charge in [0.25, 0.3) is 0 Å². The fourth-order valence-electron chi connectivity index (χ4n) is 2.12. The van der Waals surface area contributed by atoms with Gasteiger partial charge in [0.2, 0.25) is 0 Å². The highest BCUT2D eigenvalue weighted by Crippen LogP contribution is 2.41. The summed E-state index contributed by atoms with van der Waals surface area (Å²) in [4.78, 5) is 0.290. The summed E-state index contributed by atoms with van der Waals surface area (Å²) < 4.78 is 0. The van der Waals surface area contributed by atoms with Crippen molar-refractivity contribution in [2.45, 2.75) is 43.0 Å². The van der Waals surface area contributed by atoms with E-state index in [1.165, 1.54) is 32.1 Å². The summed E-state index contributed by atoms with van der Waals surface area (Å²) in [5.74, 6) is 0.983. The second-order valence-corrected chi connectivity index (χ2v) is 5.10. The molecule has 2 fully saturated rings. The molecular formula is C9H15ClN2S. The summed E-state index contributed by atoms with van der Waals surface area (Å²) in [6.07, 6.45) is 6.56. The second kappa shape index (κ2) is 4.54. The van der Waals surface area contributed by atoms with E-state index in [1.807, 2.05) is 11.8 Å². The number of nitrogens with one attached hydrogen (secondary N) is 1. The van der Waals surface area contributed by atoms with E-state index in [1.54, 1.807) is 0 Å². The maximum atomic E-state index is 8.75. The van der Waals surface area contributed by atoms with E-state index in [9.17, 15) is 0 Å². The first-order valence-corrected chi connectivity index (χ1v) is 5.64. The molecule has 1 saturated heterocycles. The monoisotopic (exact) mass is 218 g/mol. The third kappa shape index (κ3) is 2.31. The summed E-state index contributed by atoms with van der Waals surface area (Å²) in [7, 11) is 0. The Balaban J connectivity index is 0.000000845. The third-order valence-electron chi connectivity index (χ3n) is 2.78. The SMILES string of the molecule is Cl.N#CC1CSC2(CCCCC2)N1. The van der Waals surface area contributed by atoms with Gasteiger partial charge >= 0.3 is 0 Å². The van der Waals surface area contributed by atoms with Gasteiger partial charge < -0.3 is 0 Å². The maximum absolute atomic E-state index is 8.75. The molecule has 2 nitrogen and oxygen atoms in total. The Morgan fingerprint density at radius 3 is 2.54 bits per heavy atom. The van der Waals surface area contributed by atoms with Gasteiger partial charge in [-0.3, -0.25) is 5.32 Å². The van der Waals surface area contributed by atoms with Crippen LogP contribution in [0.5, 0.6) is 0 Å². The standard InChI is InChI=1S/C9H14N2S.ClH/c10-6-8-7-12-9(11-8)4-2-1-3-5-9;/h8,11H,1-5,7H2;1H. The summed E-state index contributed by atoms with van der Waals surface area (Å²) in [6, 6.07) is 2.41. The van der Waals surface area contributed by atoms with E-state index in [4.69, 9.17) is 5.26 Å². The highest BCUT2D eigenvalue weighted by molar-refractivity contribution is 8.00. The largest absolute Gasteiger partial charge is 0.287 e. The molecule has 0 aromatic rings. The first kappa shape index (κ1) is 11.2. The van der Waals surface area contributed by atoms with Crippen molar-refractivity contribution in [3.05, 3.63) is 0 Å². The van der Waals surface area contributed by atoms with E-state index in [0.717, 1.165) is 5.75 Å². The van der Waals surface area contributed by atoms with Gasteiger partial charge in [-0.15, -0.1) is 24.2 Å². The van der Waals surface area contributed by atoms with E-state index in [0.29, 0.717) is 4.87 Å². The summed E-state index contributed by atoms with van der Waals surface area (Å²) in [5, 5.41) is 12.2. The van der Waals surface area contributed by atoms with Gasteiger partial charge in [-0.25, -0.2) is 0 Å². The minimum absolute atomic E-state index is 0. The Morgan fingerprint density at radius 1 is 1.31 bits per heavy atom. The molecule has 0 bridgehead atoms. The molecule has 1 N–H and O–H groups in total. The lowest BCUT2D eigenvalue weighted by molar-refractivity contribution is 0.344. The number of halogens is 1. The molecule has 1 aliphatic carbocycles. The smallest absolute Gasteiger partial charge is 0.106 e.